The van der Waals surface area contributed by atoms with Crippen LogP contribution in [0.2, 0.25) is 0 Å². The molecule has 2 heteroatoms. The van der Waals surface area contributed by atoms with E-state index in [2.05, 4.69) is 34.1 Å². The van der Waals surface area contributed by atoms with Crippen LogP contribution in [-0.2, 0) is 6.42 Å². The molecule has 1 N–H and O–H groups in total. The van der Waals surface area contributed by atoms with Crippen molar-refractivity contribution < 1.29 is 5.11 Å². The molecule has 1 saturated carbocycles. The highest BCUT2D eigenvalue weighted by molar-refractivity contribution is 9.10. The molecule has 1 aliphatic carbocycles. The third-order valence-electron chi connectivity index (χ3n) is 3.27. The van der Waals surface area contributed by atoms with E-state index in [1.807, 2.05) is 6.07 Å². The fourth-order valence-electron chi connectivity index (χ4n) is 2.11. The lowest BCUT2D eigenvalue weighted by molar-refractivity contribution is 0.0449. The molecule has 0 radical (unpaired) electrons. The van der Waals surface area contributed by atoms with E-state index in [9.17, 15) is 5.11 Å². The minimum atomic E-state index is 0.184. The molecule has 0 atom stereocenters. The Bertz CT molecular complexity index is 312. The predicted molar refractivity (Wildman–Crippen MR) is 61.2 cm³/mol. The molecule has 0 spiro atoms. The van der Waals surface area contributed by atoms with E-state index >= 15 is 0 Å². The third kappa shape index (κ3) is 1.86. The Morgan fingerprint density at radius 1 is 1.29 bits per heavy atom. The van der Waals surface area contributed by atoms with Crippen LogP contribution < -0.4 is 0 Å². The van der Waals surface area contributed by atoms with Crippen molar-refractivity contribution in [3.63, 3.8) is 0 Å². The Morgan fingerprint density at radius 2 is 2.00 bits per heavy atom. The topological polar surface area (TPSA) is 20.2 Å². The van der Waals surface area contributed by atoms with E-state index in [1.54, 1.807) is 0 Å². The fourth-order valence-corrected chi connectivity index (χ4v) is 2.54. The summed E-state index contributed by atoms with van der Waals surface area (Å²) >= 11 is 3.55. The van der Waals surface area contributed by atoms with Gasteiger partial charge in [0, 0.05) is 11.1 Å². The quantitative estimate of drug-likeness (QED) is 0.879. The summed E-state index contributed by atoms with van der Waals surface area (Å²) in [6.07, 6.45) is 4.62. The van der Waals surface area contributed by atoms with E-state index in [-0.39, 0.29) is 5.41 Å². The number of aliphatic hydroxyl groups excluding tert-OH is 1. The van der Waals surface area contributed by atoms with Gasteiger partial charge in [-0.3, -0.25) is 0 Å². The van der Waals surface area contributed by atoms with Gasteiger partial charge in [-0.15, -0.1) is 0 Å². The van der Waals surface area contributed by atoms with Crippen molar-refractivity contribution >= 4 is 15.9 Å². The molecule has 76 valence electrons. The van der Waals surface area contributed by atoms with E-state index in [4.69, 9.17) is 0 Å². The Labute approximate surface area is 93.3 Å². The molecule has 1 aromatic rings. The zero-order valence-corrected chi connectivity index (χ0v) is 9.76. The second-order valence-electron chi connectivity index (χ2n) is 4.28. The smallest absolute Gasteiger partial charge is 0.0490 e. The van der Waals surface area contributed by atoms with Crippen LogP contribution in [0.5, 0.6) is 0 Å². The summed E-state index contributed by atoms with van der Waals surface area (Å²) in [6, 6.07) is 8.29. The van der Waals surface area contributed by atoms with Gasteiger partial charge in [0.25, 0.3) is 0 Å². The molecule has 0 unspecified atom stereocenters. The first kappa shape index (κ1) is 10.2. The van der Waals surface area contributed by atoms with Gasteiger partial charge in [-0.2, -0.15) is 0 Å². The van der Waals surface area contributed by atoms with Crippen molar-refractivity contribution in [3.8, 4) is 0 Å². The molecule has 0 bridgehead atoms. The van der Waals surface area contributed by atoms with Gasteiger partial charge in [0.1, 0.15) is 0 Å². The summed E-state index contributed by atoms with van der Waals surface area (Å²) in [7, 11) is 0. The van der Waals surface area contributed by atoms with Crippen LogP contribution in [0.1, 0.15) is 24.8 Å². The lowest BCUT2D eigenvalue weighted by Crippen LogP contribution is -2.35. The van der Waals surface area contributed by atoms with E-state index in [0.717, 1.165) is 6.42 Å². The highest BCUT2D eigenvalue weighted by Gasteiger charge is 2.36. The molecule has 0 heterocycles. The monoisotopic (exact) mass is 254 g/mol. The lowest BCUT2D eigenvalue weighted by atomic mass is 9.66. The number of aliphatic hydroxyl groups is 1. The van der Waals surface area contributed by atoms with Crippen LogP contribution in [0.4, 0.5) is 0 Å². The minimum Gasteiger partial charge on any atom is -0.396 e. The molecule has 14 heavy (non-hydrogen) atoms. The summed E-state index contributed by atoms with van der Waals surface area (Å²) in [5, 5.41) is 9.37. The summed E-state index contributed by atoms with van der Waals surface area (Å²) in [5.41, 5.74) is 1.51. The molecule has 1 aliphatic rings. The molecule has 1 fully saturated rings. The third-order valence-corrected chi connectivity index (χ3v) is 4.05. The zero-order valence-electron chi connectivity index (χ0n) is 8.17. The summed E-state index contributed by atoms with van der Waals surface area (Å²) in [4.78, 5) is 0. The highest BCUT2D eigenvalue weighted by Crippen LogP contribution is 2.44. The van der Waals surface area contributed by atoms with E-state index in [1.165, 1.54) is 29.3 Å². The van der Waals surface area contributed by atoms with Crippen LogP contribution in [0.25, 0.3) is 0 Å². The van der Waals surface area contributed by atoms with Crippen molar-refractivity contribution in [2.45, 2.75) is 25.7 Å². The number of rotatable bonds is 3. The first-order valence-electron chi connectivity index (χ1n) is 5.10. The molecule has 0 aliphatic heterocycles. The minimum absolute atomic E-state index is 0.184. The van der Waals surface area contributed by atoms with Crippen LogP contribution in [0.3, 0.4) is 0 Å². The zero-order chi connectivity index (χ0) is 10.0. The van der Waals surface area contributed by atoms with Crippen LogP contribution in [-0.4, -0.2) is 11.7 Å². The van der Waals surface area contributed by atoms with Crippen molar-refractivity contribution in [1.82, 2.24) is 0 Å². The number of hydrogen-bond acceptors (Lipinski definition) is 1. The molecule has 0 saturated heterocycles. The SMILES string of the molecule is OCC1(Cc2ccccc2Br)CCC1. The first-order valence-corrected chi connectivity index (χ1v) is 5.89. The van der Waals surface area contributed by atoms with Crippen molar-refractivity contribution in [3.05, 3.63) is 34.3 Å². The van der Waals surface area contributed by atoms with Crippen molar-refractivity contribution in [1.29, 1.82) is 0 Å². The number of benzene rings is 1. The standard InChI is InChI=1S/C12H15BrO/c13-11-5-2-1-4-10(11)8-12(9-14)6-3-7-12/h1-2,4-5,14H,3,6-9H2. The maximum absolute atomic E-state index is 9.37. The van der Waals surface area contributed by atoms with Crippen molar-refractivity contribution in [2.24, 2.45) is 5.41 Å². The van der Waals surface area contributed by atoms with Gasteiger partial charge in [-0.25, -0.2) is 0 Å². The van der Waals surface area contributed by atoms with Gasteiger partial charge < -0.3 is 5.11 Å². The largest absolute Gasteiger partial charge is 0.396 e. The number of halogens is 1. The Kier molecular flexibility index (Phi) is 2.93. The average Bonchev–Trinajstić information content (AvgIpc) is 2.14. The molecule has 0 aromatic heterocycles. The van der Waals surface area contributed by atoms with Gasteiger partial charge in [0.05, 0.1) is 0 Å². The maximum atomic E-state index is 9.37. The second-order valence-corrected chi connectivity index (χ2v) is 5.13. The van der Waals surface area contributed by atoms with Crippen LogP contribution in [0.15, 0.2) is 28.7 Å². The molecule has 2 rings (SSSR count). The van der Waals surface area contributed by atoms with Crippen LogP contribution in [0, 0.1) is 5.41 Å². The maximum Gasteiger partial charge on any atom is 0.0490 e. The molecular formula is C12H15BrO. The fraction of sp³-hybridized carbons (Fsp3) is 0.500. The summed E-state index contributed by atoms with van der Waals surface area (Å²) < 4.78 is 1.17. The van der Waals surface area contributed by atoms with E-state index in [0.29, 0.717) is 6.61 Å². The van der Waals surface area contributed by atoms with Gasteiger partial charge in [-0.1, -0.05) is 40.5 Å². The Morgan fingerprint density at radius 3 is 2.50 bits per heavy atom. The first-order chi connectivity index (χ1) is 6.76. The molecule has 1 aromatic carbocycles. The second kappa shape index (κ2) is 4.03. The van der Waals surface area contributed by atoms with Gasteiger partial charge >= 0.3 is 0 Å². The van der Waals surface area contributed by atoms with Gasteiger partial charge in [-0.05, 0) is 36.3 Å². The normalized spacial score (nSPS) is 19.0. The molecule has 1 nitrogen and oxygen atoms in total. The van der Waals surface area contributed by atoms with E-state index < -0.39 is 0 Å². The highest BCUT2D eigenvalue weighted by atomic mass is 79.9. The lowest BCUT2D eigenvalue weighted by Gasteiger charge is -2.40. The molecular weight excluding hydrogens is 240 g/mol. The average molecular weight is 255 g/mol. The van der Waals surface area contributed by atoms with Gasteiger partial charge in [0.2, 0.25) is 0 Å². The number of hydrogen-bond donors (Lipinski definition) is 1. The van der Waals surface area contributed by atoms with Crippen LogP contribution >= 0.6 is 15.9 Å². The predicted octanol–water partition coefficient (Wildman–Crippen LogP) is 3.15. The summed E-state index contributed by atoms with van der Waals surface area (Å²) in [5.74, 6) is 0. The Hall–Kier alpha value is -0.340. The van der Waals surface area contributed by atoms with Crippen molar-refractivity contribution in [2.75, 3.05) is 6.61 Å². The van der Waals surface area contributed by atoms with Gasteiger partial charge in [0.15, 0.2) is 0 Å². The molecule has 0 amide bonds. The summed E-state index contributed by atoms with van der Waals surface area (Å²) in [6.45, 7) is 0.328. The Balaban J connectivity index is 2.13.